The first-order valence-electron chi connectivity index (χ1n) is 5.71. The largest absolute Gasteiger partial charge is 0.362 e. The van der Waals surface area contributed by atoms with E-state index < -0.39 is 0 Å². The Morgan fingerprint density at radius 1 is 1.25 bits per heavy atom. The van der Waals surface area contributed by atoms with Crippen LogP contribution in [0.1, 0.15) is 39.3 Å². The number of anilines is 1. The predicted octanol–water partition coefficient (Wildman–Crippen LogP) is 2.01. The summed E-state index contributed by atoms with van der Waals surface area (Å²) in [5.74, 6) is 1.25. The zero-order chi connectivity index (χ0) is 12.2. The molecule has 90 valence electrons. The van der Waals surface area contributed by atoms with Gasteiger partial charge in [0.25, 0.3) is 0 Å². The first-order chi connectivity index (χ1) is 7.44. The van der Waals surface area contributed by atoms with E-state index in [4.69, 9.17) is 0 Å². The summed E-state index contributed by atoms with van der Waals surface area (Å²) in [5, 5.41) is 14.9. The van der Waals surface area contributed by atoms with Crippen molar-refractivity contribution in [2.45, 2.75) is 39.2 Å². The van der Waals surface area contributed by atoms with E-state index in [1.54, 1.807) is 0 Å². The van der Waals surface area contributed by atoms with Crippen LogP contribution in [0, 0.1) is 0 Å². The van der Waals surface area contributed by atoms with Crippen molar-refractivity contribution in [2.75, 3.05) is 18.9 Å². The molecular formula is C12H22N4. The minimum Gasteiger partial charge on any atom is -0.362 e. The van der Waals surface area contributed by atoms with E-state index in [1.165, 1.54) is 0 Å². The van der Waals surface area contributed by atoms with Crippen molar-refractivity contribution in [3.05, 3.63) is 17.8 Å². The van der Waals surface area contributed by atoms with Gasteiger partial charge < -0.3 is 10.6 Å². The lowest BCUT2D eigenvalue weighted by atomic mass is 10.1. The third-order valence-electron chi connectivity index (χ3n) is 2.36. The summed E-state index contributed by atoms with van der Waals surface area (Å²) >= 11 is 0. The summed E-state index contributed by atoms with van der Waals surface area (Å²) in [6.07, 6.45) is 0. The molecule has 1 aromatic rings. The van der Waals surface area contributed by atoms with Crippen LogP contribution in [0.15, 0.2) is 12.1 Å². The zero-order valence-electron chi connectivity index (χ0n) is 10.8. The molecule has 2 N–H and O–H groups in total. The Morgan fingerprint density at radius 3 is 2.38 bits per heavy atom. The van der Waals surface area contributed by atoms with Crippen molar-refractivity contribution in [2.24, 2.45) is 0 Å². The zero-order valence-corrected chi connectivity index (χ0v) is 10.8. The van der Waals surface area contributed by atoms with Crippen molar-refractivity contribution in [3.63, 3.8) is 0 Å². The highest BCUT2D eigenvalue weighted by atomic mass is 15.2. The van der Waals surface area contributed by atoms with Crippen LogP contribution in [-0.4, -0.2) is 29.3 Å². The highest BCUT2D eigenvalue weighted by Crippen LogP contribution is 2.14. The molecule has 0 amide bonds. The molecule has 4 nitrogen and oxygen atoms in total. The van der Waals surface area contributed by atoms with E-state index in [2.05, 4.69) is 48.5 Å². The maximum absolute atomic E-state index is 4.19. The molecule has 0 aliphatic carbocycles. The maximum Gasteiger partial charge on any atom is 0.149 e. The highest BCUT2D eigenvalue weighted by Gasteiger charge is 2.16. The Labute approximate surface area is 97.9 Å². The summed E-state index contributed by atoms with van der Waals surface area (Å²) in [7, 11) is 1.94. The Balaban J connectivity index is 2.68. The maximum atomic E-state index is 4.19. The lowest BCUT2D eigenvalue weighted by Gasteiger charge is -2.26. The Morgan fingerprint density at radius 2 is 1.94 bits per heavy atom. The van der Waals surface area contributed by atoms with Crippen molar-refractivity contribution in [1.82, 2.24) is 15.5 Å². The van der Waals surface area contributed by atoms with Gasteiger partial charge in [0.1, 0.15) is 5.82 Å². The minimum atomic E-state index is -0.0250. The molecule has 0 radical (unpaired) electrons. The van der Waals surface area contributed by atoms with Crippen molar-refractivity contribution >= 4 is 5.82 Å². The van der Waals surface area contributed by atoms with Crippen LogP contribution in [0.4, 0.5) is 5.82 Å². The van der Waals surface area contributed by atoms with Gasteiger partial charge in [-0.05, 0) is 38.9 Å². The molecule has 0 aliphatic rings. The summed E-state index contributed by atoms with van der Waals surface area (Å²) in [6, 6.07) is 4.01. The van der Waals surface area contributed by atoms with Gasteiger partial charge in [-0.1, -0.05) is 13.8 Å². The van der Waals surface area contributed by atoms with Crippen molar-refractivity contribution < 1.29 is 0 Å². The van der Waals surface area contributed by atoms with E-state index in [-0.39, 0.29) is 5.54 Å². The van der Waals surface area contributed by atoms with Crippen molar-refractivity contribution in [3.8, 4) is 0 Å². The fourth-order valence-electron chi connectivity index (χ4n) is 1.55. The lowest BCUT2D eigenvalue weighted by molar-refractivity contribution is 0.527. The molecule has 16 heavy (non-hydrogen) atoms. The molecular weight excluding hydrogens is 200 g/mol. The van der Waals surface area contributed by atoms with Crippen LogP contribution in [0.25, 0.3) is 0 Å². The monoisotopic (exact) mass is 222 g/mol. The molecule has 0 saturated carbocycles. The number of hydrogen-bond donors (Lipinski definition) is 2. The van der Waals surface area contributed by atoms with E-state index in [9.17, 15) is 0 Å². The van der Waals surface area contributed by atoms with E-state index in [0.717, 1.165) is 18.1 Å². The second kappa shape index (κ2) is 5.25. The highest BCUT2D eigenvalue weighted by molar-refractivity contribution is 5.36. The van der Waals surface area contributed by atoms with Gasteiger partial charge in [-0.15, -0.1) is 5.10 Å². The fraction of sp³-hybridized carbons (Fsp3) is 0.667. The van der Waals surface area contributed by atoms with Crippen LogP contribution in [-0.2, 0) is 0 Å². The molecule has 1 heterocycles. The summed E-state index contributed by atoms with van der Waals surface area (Å²) in [6.45, 7) is 9.35. The van der Waals surface area contributed by atoms with Gasteiger partial charge in [-0.2, -0.15) is 5.10 Å². The van der Waals surface area contributed by atoms with Crippen molar-refractivity contribution in [1.29, 1.82) is 0 Å². The van der Waals surface area contributed by atoms with Crippen LogP contribution in [0.5, 0.6) is 0 Å². The Kier molecular flexibility index (Phi) is 4.24. The van der Waals surface area contributed by atoms with Crippen LogP contribution < -0.4 is 10.6 Å². The quantitative estimate of drug-likeness (QED) is 0.800. The molecule has 0 spiro atoms. The molecule has 4 heteroatoms. The SMILES string of the molecule is CNCC(C)(C)Nc1ccc(C(C)C)nn1. The fourth-order valence-corrected chi connectivity index (χ4v) is 1.55. The van der Waals surface area contributed by atoms with Gasteiger partial charge in [0, 0.05) is 12.1 Å². The Hall–Kier alpha value is -1.16. The third kappa shape index (κ3) is 3.77. The molecule has 0 atom stereocenters. The summed E-state index contributed by atoms with van der Waals surface area (Å²) < 4.78 is 0. The number of nitrogens with one attached hydrogen (secondary N) is 2. The molecule has 0 bridgehead atoms. The third-order valence-corrected chi connectivity index (χ3v) is 2.36. The normalized spacial score (nSPS) is 11.9. The van der Waals surface area contributed by atoms with E-state index >= 15 is 0 Å². The molecule has 0 fully saturated rings. The van der Waals surface area contributed by atoms with Gasteiger partial charge >= 0.3 is 0 Å². The molecule has 0 saturated heterocycles. The topological polar surface area (TPSA) is 49.8 Å². The average molecular weight is 222 g/mol. The molecule has 0 unspecified atom stereocenters. The standard InChI is InChI=1S/C12H22N4/c1-9(2)10-6-7-11(16-15-10)14-12(3,4)8-13-5/h6-7,9,13H,8H2,1-5H3,(H,14,16). The number of hydrogen-bond acceptors (Lipinski definition) is 4. The first-order valence-corrected chi connectivity index (χ1v) is 5.71. The van der Waals surface area contributed by atoms with Crippen LogP contribution in [0.2, 0.25) is 0 Å². The summed E-state index contributed by atoms with van der Waals surface area (Å²) in [5.41, 5.74) is 1.000. The van der Waals surface area contributed by atoms with Gasteiger partial charge in [-0.25, -0.2) is 0 Å². The van der Waals surface area contributed by atoms with Crippen LogP contribution in [0.3, 0.4) is 0 Å². The number of nitrogens with zero attached hydrogens (tertiary/aromatic N) is 2. The number of rotatable bonds is 5. The second-order valence-corrected chi connectivity index (χ2v) is 5.04. The van der Waals surface area contributed by atoms with Crippen LogP contribution >= 0.6 is 0 Å². The molecule has 1 aromatic heterocycles. The predicted molar refractivity (Wildman–Crippen MR) is 67.7 cm³/mol. The average Bonchev–Trinajstić information content (AvgIpc) is 2.17. The first kappa shape index (κ1) is 12.9. The van der Waals surface area contributed by atoms with E-state index in [0.29, 0.717) is 5.92 Å². The smallest absolute Gasteiger partial charge is 0.149 e. The van der Waals surface area contributed by atoms with Gasteiger partial charge in [-0.3, -0.25) is 0 Å². The second-order valence-electron chi connectivity index (χ2n) is 5.04. The van der Waals surface area contributed by atoms with Gasteiger partial charge in [0.05, 0.1) is 5.69 Å². The molecule has 1 rings (SSSR count). The lowest BCUT2D eigenvalue weighted by Crippen LogP contribution is -2.41. The van der Waals surface area contributed by atoms with Gasteiger partial charge in [0.2, 0.25) is 0 Å². The molecule has 0 aliphatic heterocycles. The Bertz CT molecular complexity index is 316. The molecule has 0 aromatic carbocycles. The van der Waals surface area contributed by atoms with Gasteiger partial charge in [0.15, 0.2) is 0 Å². The van der Waals surface area contributed by atoms with E-state index in [1.807, 2.05) is 19.2 Å². The number of aromatic nitrogens is 2. The summed E-state index contributed by atoms with van der Waals surface area (Å²) in [4.78, 5) is 0. The minimum absolute atomic E-state index is 0.0250. The number of likely N-dealkylation sites (N-methyl/N-ethyl adjacent to an activating group) is 1.